The predicted molar refractivity (Wildman–Crippen MR) is 73.1 cm³/mol. The Morgan fingerprint density at radius 2 is 2.05 bits per heavy atom. The molecule has 1 rings (SSSR count). The summed E-state index contributed by atoms with van der Waals surface area (Å²) in [7, 11) is 0. The Labute approximate surface area is 118 Å². The number of unbranched alkanes of at least 4 members (excludes halogenated alkanes) is 1. The zero-order valence-corrected chi connectivity index (χ0v) is 12.2. The summed E-state index contributed by atoms with van der Waals surface area (Å²) in [6, 6.07) is 0. The van der Waals surface area contributed by atoms with Crippen LogP contribution in [0.4, 0.5) is 0 Å². The van der Waals surface area contributed by atoms with Crippen LogP contribution < -0.4 is 5.32 Å². The zero-order chi connectivity index (χ0) is 15.2. The average Bonchev–Trinajstić information content (AvgIpc) is 2.69. The quantitative estimate of drug-likeness (QED) is 0.727. The molecule has 0 unspecified atom stereocenters. The van der Waals surface area contributed by atoms with E-state index in [-0.39, 0.29) is 24.4 Å². The van der Waals surface area contributed by atoms with Gasteiger partial charge in [0.05, 0.1) is 5.69 Å². The minimum Gasteiger partial charge on any atom is -0.481 e. The molecule has 0 radical (unpaired) electrons. The highest BCUT2D eigenvalue weighted by molar-refractivity contribution is 5.76. The van der Waals surface area contributed by atoms with Gasteiger partial charge in [-0.1, -0.05) is 5.21 Å². The van der Waals surface area contributed by atoms with Crippen molar-refractivity contribution < 1.29 is 14.7 Å². The van der Waals surface area contributed by atoms with Gasteiger partial charge in [0.25, 0.3) is 0 Å². The summed E-state index contributed by atoms with van der Waals surface area (Å²) in [5.41, 5.74) is 0.510. The van der Waals surface area contributed by atoms with Crippen molar-refractivity contribution in [1.82, 2.24) is 20.3 Å². The molecular weight excluding hydrogens is 260 g/mol. The largest absolute Gasteiger partial charge is 0.481 e. The molecule has 112 valence electrons. The van der Waals surface area contributed by atoms with Gasteiger partial charge in [-0.05, 0) is 40.0 Å². The van der Waals surface area contributed by atoms with Crippen LogP contribution in [0, 0.1) is 0 Å². The van der Waals surface area contributed by atoms with Gasteiger partial charge in [0, 0.05) is 18.2 Å². The summed E-state index contributed by atoms with van der Waals surface area (Å²) in [4.78, 5) is 22.1. The number of hydrogen-bond donors (Lipinski definition) is 2. The summed E-state index contributed by atoms with van der Waals surface area (Å²) in [6.07, 6.45) is 3.94. The Bertz CT molecular complexity index is 462. The molecule has 0 aromatic carbocycles. The SMILES string of the molecule is CC(C)(C)NC(=O)Cn1cc(CCCCC(=O)O)nn1. The van der Waals surface area contributed by atoms with E-state index in [2.05, 4.69) is 15.6 Å². The van der Waals surface area contributed by atoms with Crippen LogP contribution in [0.3, 0.4) is 0 Å². The molecule has 7 heteroatoms. The molecular formula is C13H22N4O3. The van der Waals surface area contributed by atoms with Crippen molar-refractivity contribution in [2.24, 2.45) is 0 Å². The van der Waals surface area contributed by atoms with Crippen LogP contribution in [0.5, 0.6) is 0 Å². The minimum atomic E-state index is -0.785. The number of amides is 1. The summed E-state index contributed by atoms with van der Waals surface area (Å²) >= 11 is 0. The van der Waals surface area contributed by atoms with E-state index < -0.39 is 5.97 Å². The predicted octanol–water partition coefficient (Wildman–Crippen LogP) is 0.990. The smallest absolute Gasteiger partial charge is 0.303 e. The maximum Gasteiger partial charge on any atom is 0.303 e. The Morgan fingerprint density at radius 3 is 2.65 bits per heavy atom. The molecule has 1 amide bonds. The second-order valence-electron chi connectivity index (χ2n) is 5.81. The number of nitrogens with zero attached hydrogens (tertiary/aromatic N) is 3. The molecule has 2 N–H and O–H groups in total. The van der Waals surface area contributed by atoms with Gasteiger partial charge < -0.3 is 10.4 Å². The maximum absolute atomic E-state index is 11.7. The Hall–Kier alpha value is -1.92. The minimum absolute atomic E-state index is 0.111. The lowest BCUT2D eigenvalue weighted by atomic mass is 10.1. The van der Waals surface area contributed by atoms with E-state index in [0.29, 0.717) is 12.8 Å². The lowest BCUT2D eigenvalue weighted by Gasteiger charge is -2.20. The molecule has 0 fully saturated rings. The molecule has 0 bridgehead atoms. The van der Waals surface area contributed by atoms with Gasteiger partial charge in [0.1, 0.15) is 6.54 Å². The molecule has 20 heavy (non-hydrogen) atoms. The van der Waals surface area contributed by atoms with Crippen LogP contribution in [0.15, 0.2) is 6.20 Å². The summed E-state index contributed by atoms with van der Waals surface area (Å²) in [5.74, 6) is -0.896. The van der Waals surface area contributed by atoms with Gasteiger partial charge in [-0.25, -0.2) is 4.68 Å². The summed E-state index contributed by atoms with van der Waals surface area (Å²) in [6.45, 7) is 5.89. The van der Waals surface area contributed by atoms with Crippen LogP contribution in [0.25, 0.3) is 0 Å². The van der Waals surface area contributed by atoms with Gasteiger partial charge >= 0.3 is 5.97 Å². The van der Waals surface area contributed by atoms with Crippen LogP contribution >= 0.6 is 0 Å². The monoisotopic (exact) mass is 282 g/mol. The van der Waals surface area contributed by atoms with Crippen molar-refractivity contribution >= 4 is 11.9 Å². The number of rotatable bonds is 7. The van der Waals surface area contributed by atoms with Crippen molar-refractivity contribution in [2.75, 3.05) is 0 Å². The molecule has 0 spiro atoms. The highest BCUT2D eigenvalue weighted by Crippen LogP contribution is 2.04. The van der Waals surface area contributed by atoms with E-state index in [4.69, 9.17) is 5.11 Å². The molecule has 7 nitrogen and oxygen atoms in total. The van der Waals surface area contributed by atoms with Gasteiger partial charge in [0.2, 0.25) is 5.91 Å². The van der Waals surface area contributed by atoms with Gasteiger partial charge in [0.15, 0.2) is 0 Å². The second-order valence-corrected chi connectivity index (χ2v) is 5.81. The first-order valence-electron chi connectivity index (χ1n) is 6.68. The molecule has 0 aliphatic heterocycles. The van der Waals surface area contributed by atoms with Crippen molar-refractivity contribution in [3.8, 4) is 0 Å². The van der Waals surface area contributed by atoms with Crippen molar-refractivity contribution in [3.63, 3.8) is 0 Å². The Kier molecular flexibility index (Phi) is 5.66. The van der Waals surface area contributed by atoms with E-state index in [1.807, 2.05) is 20.8 Å². The number of aliphatic carboxylic acids is 1. The van der Waals surface area contributed by atoms with E-state index in [1.165, 1.54) is 4.68 Å². The van der Waals surface area contributed by atoms with Gasteiger partial charge in [-0.15, -0.1) is 5.10 Å². The molecule has 0 saturated carbocycles. The normalized spacial score (nSPS) is 11.3. The lowest BCUT2D eigenvalue weighted by molar-refractivity contribution is -0.137. The van der Waals surface area contributed by atoms with Gasteiger partial charge in [-0.3, -0.25) is 9.59 Å². The van der Waals surface area contributed by atoms with Crippen molar-refractivity contribution in [1.29, 1.82) is 0 Å². The third kappa shape index (κ3) is 6.86. The molecule has 0 aliphatic carbocycles. The molecule has 1 heterocycles. The van der Waals surface area contributed by atoms with Crippen LogP contribution in [-0.4, -0.2) is 37.5 Å². The Balaban J connectivity index is 2.36. The van der Waals surface area contributed by atoms with Crippen LogP contribution in [-0.2, 0) is 22.6 Å². The topological polar surface area (TPSA) is 97.1 Å². The van der Waals surface area contributed by atoms with Gasteiger partial charge in [-0.2, -0.15) is 0 Å². The highest BCUT2D eigenvalue weighted by atomic mass is 16.4. The lowest BCUT2D eigenvalue weighted by Crippen LogP contribution is -2.42. The van der Waals surface area contributed by atoms with E-state index in [0.717, 1.165) is 12.1 Å². The molecule has 0 saturated heterocycles. The highest BCUT2D eigenvalue weighted by Gasteiger charge is 2.14. The number of nitrogens with one attached hydrogen (secondary N) is 1. The average molecular weight is 282 g/mol. The third-order valence-electron chi connectivity index (χ3n) is 2.48. The fourth-order valence-corrected chi connectivity index (χ4v) is 1.72. The number of carbonyl (C=O) groups excluding carboxylic acids is 1. The van der Waals surface area contributed by atoms with E-state index >= 15 is 0 Å². The number of carboxylic acids is 1. The Morgan fingerprint density at radius 1 is 1.35 bits per heavy atom. The number of carboxylic acid groups (broad SMARTS) is 1. The first-order valence-corrected chi connectivity index (χ1v) is 6.68. The summed E-state index contributed by atoms with van der Waals surface area (Å²) in [5, 5.41) is 19.2. The van der Waals surface area contributed by atoms with Crippen LogP contribution in [0.2, 0.25) is 0 Å². The first kappa shape index (κ1) is 16.1. The maximum atomic E-state index is 11.7. The number of hydrogen-bond acceptors (Lipinski definition) is 4. The van der Waals surface area contributed by atoms with Crippen LogP contribution in [0.1, 0.15) is 45.7 Å². The fourth-order valence-electron chi connectivity index (χ4n) is 1.72. The fraction of sp³-hybridized carbons (Fsp3) is 0.692. The van der Waals surface area contributed by atoms with E-state index in [9.17, 15) is 9.59 Å². The molecule has 0 atom stereocenters. The number of carbonyl (C=O) groups is 2. The third-order valence-corrected chi connectivity index (χ3v) is 2.48. The van der Waals surface area contributed by atoms with Crippen molar-refractivity contribution in [2.45, 2.75) is 58.5 Å². The standard InChI is InChI=1S/C13H22N4O3/c1-13(2,3)14-11(18)9-17-8-10(15-16-17)6-4-5-7-12(19)20/h8H,4-7,9H2,1-3H3,(H,14,18)(H,19,20). The van der Waals surface area contributed by atoms with E-state index in [1.54, 1.807) is 6.20 Å². The first-order chi connectivity index (χ1) is 9.26. The number of aryl methyl sites for hydroxylation is 1. The number of aromatic nitrogens is 3. The summed E-state index contributed by atoms with van der Waals surface area (Å²) < 4.78 is 1.49. The van der Waals surface area contributed by atoms with Crippen molar-refractivity contribution in [3.05, 3.63) is 11.9 Å². The molecule has 1 aromatic heterocycles. The molecule has 0 aliphatic rings. The zero-order valence-electron chi connectivity index (χ0n) is 12.2. The molecule has 1 aromatic rings. The second kappa shape index (κ2) is 7.02.